The summed E-state index contributed by atoms with van der Waals surface area (Å²) in [5, 5.41) is 2.60. The molecule has 1 aliphatic rings. The Morgan fingerprint density at radius 1 is 1.34 bits per heavy atom. The largest absolute Gasteiger partial charge is 0.493 e. The van der Waals surface area contributed by atoms with Gasteiger partial charge in [-0.1, -0.05) is 25.4 Å². The van der Waals surface area contributed by atoms with Crippen LogP contribution in [0, 0.1) is 12.8 Å². The quantitative estimate of drug-likeness (QED) is 0.553. The molecule has 0 unspecified atom stereocenters. The number of halogens is 1. The van der Waals surface area contributed by atoms with Crippen LogP contribution in [0.5, 0.6) is 5.75 Å². The van der Waals surface area contributed by atoms with Crippen molar-refractivity contribution in [3.05, 3.63) is 44.9 Å². The van der Waals surface area contributed by atoms with E-state index in [1.165, 1.54) is 11.3 Å². The molecule has 0 N–H and O–H groups in total. The number of hydroxylamine groups is 2. The van der Waals surface area contributed by atoms with Crippen molar-refractivity contribution >= 4 is 28.9 Å². The number of rotatable bonds is 8. The molecule has 1 aliphatic heterocycles. The van der Waals surface area contributed by atoms with Gasteiger partial charge in [-0.05, 0) is 61.3 Å². The summed E-state index contributed by atoms with van der Waals surface area (Å²) in [5.74, 6) is 1.67. The van der Waals surface area contributed by atoms with E-state index in [0.717, 1.165) is 59.1 Å². The lowest BCUT2D eigenvalue weighted by molar-refractivity contribution is -0.195. The number of aromatic nitrogens is 1. The SMILES string of the molecule is Cc1cc(Cl)c(C(C)C)cc1OCCC1CCN(OC(=O)Cc2cncs2)CC1. The van der Waals surface area contributed by atoms with Gasteiger partial charge in [-0.2, -0.15) is 0 Å². The van der Waals surface area contributed by atoms with E-state index in [9.17, 15) is 4.79 Å². The van der Waals surface area contributed by atoms with E-state index >= 15 is 0 Å². The summed E-state index contributed by atoms with van der Waals surface area (Å²) in [6, 6.07) is 4.07. The van der Waals surface area contributed by atoms with Crippen molar-refractivity contribution in [2.24, 2.45) is 5.92 Å². The zero-order valence-corrected chi connectivity index (χ0v) is 18.9. The van der Waals surface area contributed by atoms with Crippen molar-refractivity contribution < 1.29 is 14.4 Å². The third kappa shape index (κ3) is 6.43. The molecule has 2 heterocycles. The van der Waals surface area contributed by atoms with E-state index in [-0.39, 0.29) is 12.4 Å². The molecular weight excluding hydrogens is 408 g/mol. The van der Waals surface area contributed by atoms with Crippen molar-refractivity contribution in [3.63, 3.8) is 0 Å². The van der Waals surface area contributed by atoms with Gasteiger partial charge in [-0.3, -0.25) is 4.98 Å². The van der Waals surface area contributed by atoms with Crippen molar-refractivity contribution in [3.8, 4) is 5.75 Å². The summed E-state index contributed by atoms with van der Waals surface area (Å²) in [6.45, 7) is 8.55. The van der Waals surface area contributed by atoms with E-state index in [1.54, 1.807) is 16.8 Å². The predicted molar refractivity (Wildman–Crippen MR) is 117 cm³/mol. The van der Waals surface area contributed by atoms with Crippen LogP contribution >= 0.6 is 22.9 Å². The Bertz CT molecular complexity index is 803. The third-order valence-electron chi connectivity index (χ3n) is 5.31. The summed E-state index contributed by atoms with van der Waals surface area (Å²) in [4.78, 5) is 22.4. The lowest BCUT2D eigenvalue weighted by Crippen LogP contribution is -2.36. The maximum atomic E-state index is 12.0. The van der Waals surface area contributed by atoms with E-state index in [4.69, 9.17) is 21.2 Å². The monoisotopic (exact) mass is 436 g/mol. The molecule has 2 aromatic rings. The predicted octanol–water partition coefficient (Wildman–Crippen LogP) is 5.41. The van der Waals surface area contributed by atoms with Crippen molar-refractivity contribution in [2.45, 2.75) is 52.4 Å². The number of ether oxygens (including phenoxy) is 1. The summed E-state index contributed by atoms with van der Waals surface area (Å²) >= 11 is 7.82. The maximum absolute atomic E-state index is 12.0. The van der Waals surface area contributed by atoms with Crippen LogP contribution in [0.2, 0.25) is 5.02 Å². The number of carbonyl (C=O) groups is 1. The van der Waals surface area contributed by atoms with Gasteiger partial charge in [0.15, 0.2) is 0 Å². The molecular formula is C22H29ClN2O3S. The fourth-order valence-corrected chi connectivity index (χ4v) is 4.56. The van der Waals surface area contributed by atoms with Crippen molar-refractivity contribution in [2.75, 3.05) is 19.7 Å². The Labute approximate surface area is 181 Å². The van der Waals surface area contributed by atoms with Gasteiger partial charge in [0.05, 0.1) is 18.5 Å². The molecule has 5 nitrogen and oxygen atoms in total. The lowest BCUT2D eigenvalue weighted by Gasteiger charge is -2.30. The first kappa shape index (κ1) is 22.1. The fraction of sp³-hybridized carbons (Fsp3) is 0.545. The van der Waals surface area contributed by atoms with Crippen LogP contribution < -0.4 is 4.74 Å². The van der Waals surface area contributed by atoms with Gasteiger partial charge in [0.2, 0.25) is 0 Å². The van der Waals surface area contributed by atoms with Crippen molar-refractivity contribution in [1.29, 1.82) is 0 Å². The number of carbonyl (C=O) groups excluding carboxylic acids is 1. The Morgan fingerprint density at radius 3 is 2.76 bits per heavy atom. The molecule has 1 saturated heterocycles. The van der Waals surface area contributed by atoms with Crippen LogP contribution in [0.15, 0.2) is 23.8 Å². The molecule has 1 fully saturated rings. The highest BCUT2D eigenvalue weighted by Crippen LogP contribution is 2.32. The number of hydrogen-bond acceptors (Lipinski definition) is 6. The molecule has 7 heteroatoms. The van der Waals surface area contributed by atoms with E-state index in [0.29, 0.717) is 18.4 Å². The first-order chi connectivity index (χ1) is 13.9. The zero-order valence-electron chi connectivity index (χ0n) is 17.3. The molecule has 0 aliphatic carbocycles. The highest BCUT2D eigenvalue weighted by atomic mass is 35.5. The van der Waals surface area contributed by atoms with Gasteiger partial charge < -0.3 is 9.57 Å². The fourth-order valence-electron chi connectivity index (χ4n) is 3.54. The van der Waals surface area contributed by atoms with Crippen molar-refractivity contribution in [1.82, 2.24) is 10.0 Å². The first-order valence-electron chi connectivity index (χ1n) is 10.2. The molecule has 0 spiro atoms. The minimum atomic E-state index is -0.213. The Kier molecular flexibility index (Phi) is 7.92. The minimum Gasteiger partial charge on any atom is -0.493 e. The molecule has 0 atom stereocenters. The van der Waals surface area contributed by atoms with E-state index < -0.39 is 0 Å². The van der Waals surface area contributed by atoms with Crippen LogP contribution in [0.4, 0.5) is 0 Å². The Hall–Kier alpha value is -1.63. The number of aryl methyl sites for hydroxylation is 1. The number of thiazole rings is 1. The van der Waals surface area contributed by atoms with Gasteiger partial charge in [0.1, 0.15) is 5.75 Å². The second-order valence-electron chi connectivity index (χ2n) is 7.91. The molecule has 158 valence electrons. The smallest absolute Gasteiger partial charge is 0.330 e. The number of hydrogen-bond donors (Lipinski definition) is 0. The van der Waals surface area contributed by atoms with E-state index in [1.807, 2.05) is 13.0 Å². The molecule has 1 aromatic carbocycles. The summed E-state index contributed by atoms with van der Waals surface area (Å²) < 4.78 is 6.07. The molecule has 0 radical (unpaired) electrons. The van der Waals surface area contributed by atoms with Gasteiger partial charge in [-0.25, -0.2) is 4.79 Å². The first-order valence-corrected chi connectivity index (χ1v) is 11.4. The lowest BCUT2D eigenvalue weighted by atomic mass is 9.95. The Balaban J connectivity index is 1.39. The molecule has 0 bridgehead atoms. The average molecular weight is 437 g/mol. The highest BCUT2D eigenvalue weighted by molar-refractivity contribution is 7.09. The van der Waals surface area contributed by atoms with Crippen LogP contribution in [-0.4, -0.2) is 35.7 Å². The van der Waals surface area contributed by atoms with Gasteiger partial charge in [0.25, 0.3) is 0 Å². The molecule has 29 heavy (non-hydrogen) atoms. The molecule has 3 rings (SSSR count). The van der Waals surface area contributed by atoms with Gasteiger partial charge in [-0.15, -0.1) is 16.4 Å². The topological polar surface area (TPSA) is 51.7 Å². The van der Waals surface area contributed by atoms with Gasteiger partial charge >= 0.3 is 5.97 Å². The second kappa shape index (κ2) is 10.4. The molecule has 0 saturated carbocycles. The zero-order chi connectivity index (χ0) is 20.8. The molecule has 0 amide bonds. The number of piperidine rings is 1. The maximum Gasteiger partial charge on any atom is 0.330 e. The van der Waals surface area contributed by atoms with Crippen LogP contribution in [0.3, 0.4) is 0 Å². The molecule has 1 aromatic heterocycles. The van der Waals surface area contributed by atoms with Gasteiger partial charge in [0, 0.05) is 29.2 Å². The minimum absolute atomic E-state index is 0.213. The standard InChI is InChI=1S/C22H29ClN2O3S/c1-15(2)19-12-21(16(3)10-20(19)23)27-9-6-17-4-7-25(8-5-17)28-22(26)11-18-13-24-14-29-18/h10,12-15,17H,4-9,11H2,1-3H3. The summed E-state index contributed by atoms with van der Waals surface area (Å²) in [5.41, 5.74) is 3.92. The highest BCUT2D eigenvalue weighted by Gasteiger charge is 2.22. The summed E-state index contributed by atoms with van der Waals surface area (Å²) in [7, 11) is 0. The van der Waals surface area contributed by atoms with Crippen LogP contribution in [-0.2, 0) is 16.1 Å². The number of benzene rings is 1. The Morgan fingerprint density at radius 2 is 2.10 bits per heavy atom. The van der Waals surface area contributed by atoms with Crippen LogP contribution in [0.1, 0.15) is 55.0 Å². The number of nitrogens with zero attached hydrogens (tertiary/aromatic N) is 2. The summed E-state index contributed by atoms with van der Waals surface area (Å²) in [6.07, 6.45) is 5.02. The normalized spacial score (nSPS) is 15.6. The third-order valence-corrected chi connectivity index (χ3v) is 6.41. The average Bonchev–Trinajstić information content (AvgIpc) is 3.17. The van der Waals surface area contributed by atoms with E-state index in [2.05, 4.69) is 24.9 Å². The van der Waals surface area contributed by atoms with Crippen LogP contribution in [0.25, 0.3) is 0 Å². The second-order valence-corrected chi connectivity index (χ2v) is 9.29.